The van der Waals surface area contributed by atoms with Crippen molar-refractivity contribution in [2.45, 2.75) is 63.5 Å². The molecule has 2 aliphatic rings. The minimum Gasteiger partial charge on any atom is -0.368 e. The van der Waals surface area contributed by atoms with Crippen LogP contribution in [-0.4, -0.2) is 43.0 Å². The second kappa shape index (κ2) is 7.25. The van der Waals surface area contributed by atoms with Crippen LogP contribution in [0.4, 0.5) is 0 Å². The summed E-state index contributed by atoms with van der Waals surface area (Å²) in [6, 6.07) is 0.405. The van der Waals surface area contributed by atoms with Crippen LogP contribution in [0.1, 0.15) is 51.4 Å². The summed E-state index contributed by atoms with van der Waals surface area (Å²) < 4.78 is 0. The first kappa shape index (κ1) is 14.8. The number of nitrogens with two attached hydrogens (primary N) is 1. The Balaban J connectivity index is 1.65. The highest BCUT2D eigenvalue weighted by Crippen LogP contribution is 2.24. The van der Waals surface area contributed by atoms with Crippen molar-refractivity contribution in [2.24, 2.45) is 11.7 Å². The molecule has 0 bridgehead atoms. The summed E-state index contributed by atoms with van der Waals surface area (Å²) in [6.07, 6.45) is 10.2. The van der Waals surface area contributed by atoms with Gasteiger partial charge in [-0.05, 0) is 51.6 Å². The minimum atomic E-state index is -0.196. The molecule has 4 heteroatoms. The first-order valence-electron chi connectivity index (χ1n) is 7.89. The van der Waals surface area contributed by atoms with E-state index in [9.17, 15) is 4.79 Å². The third kappa shape index (κ3) is 5.49. The molecule has 0 radical (unpaired) electrons. The van der Waals surface area contributed by atoms with Gasteiger partial charge in [-0.25, -0.2) is 0 Å². The molecule has 2 saturated carbocycles. The molecule has 0 spiro atoms. The quantitative estimate of drug-likeness (QED) is 0.700. The molecule has 4 nitrogen and oxygen atoms in total. The summed E-state index contributed by atoms with van der Waals surface area (Å²) in [6.45, 7) is 2.14. The monoisotopic (exact) mass is 267 g/mol. The van der Waals surface area contributed by atoms with Crippen molar-refractivity contribution in [2.75, 3.05) is 20.1 Å². The SMILES string of the molecule is CN(CCC(NC1CC1)C(N)=O)CC1CCCCC1. The lowest BCUT2D eigenvalue weighted by molar-refractivity contribution is -0.120. The zero-order valence-electron chi connectivity index (χ0n) is 12.2. The molecule has 0 saturated heterocycles. The van der Waals surface area contributed by atoms with Gasteiger partial charge in [-0.3, -0.25) is 4.79 Å². The summed E-state index contributed by atoms with van der Waals surface area (Å²) in [4.78, 5) is 13.8. The minimum absolute atomic E-state index is 0.138. The van der Waals surface area contributed by atoms with E-state index in [1.54, 1.807) is 0 Å². The van der Waals surface area contributed by atoms with E-state index >= 15 is 0 Å². The maximum Gasteiger partial charge on any atom is 0.234 e. The molecule has 2 rings (SSSR count). The number of carbonyl (C=O) groups is 1. The molecule has 0 aliphatic heterocycles. The van der Waals surface area contributed by atoms with E-state index in [0.717, 1.165) is 18.9 Å². The van der Waals surface area contributed by atoms with E-state index in [0.29, 0.717) is 6.04 Å². The summed E-state index contributed by atoms with van der Waals surface area (Å²) in [5.41, 5.74) is 5.46. The van der Waals surface area contributed by atoms with Crippen molar-refractivity contribution in [3.63, 3.8) is 0 Å². The Kier molecular flexibility index (Phi) is 5.64. The predicted octanol–water partition coefficient (Wildman–Crippen LogP) is 1.49. The average Bonchev–Trinajstić information content (AvgIpc) is 3.19. The van der Waals surface area contributed by atoms with Crippen LogP contribution < -0.4 is 11.1 Å². The zero-order valence-corrected chi connectivity index (χ0v) is 12.2. The third-order valence-corrected chi connectivity index (χ3v) is 4.45. The van der Waals surface area contributed by atoms with E-state index in [-0.39, 0.29) is 11.9 Å². The molecule has 0 aromatic carbocycles. The number of rotatable bonds is 8. The highest BCUT2D eigenvalue weighted by atomic mass is 16.1. The van der Waals surface area contributed by atoms with Gasteiger partial charge in [-0.1, -0.05) is 19.3 Å². The molecule has 19 heavy (non-hydrogen) atoms. The molecular weight excluding hydrogens is 238 g/mol. The van der Waals surface area contributed by atoms with Crippen LogP contribution in [0.2, 0.25) is 0 Å². The van der Waals surface area contributed by atoms with E-state index < -0.39 is 0 Å². The Morgan fingerprint density at radius 2 is 1.95 bits per heavy atom. The highest BCUT2D eigenvalue weighted by molar-refractivity contribution is 5.79. The number of primary amides is 1. The number of nitrogens with zero attached hydrogens (tertiary/aromatic N) is 1. The zero-order chi connectivity index (χ0) is 13.7. The van der Waals surface area contributed by atoms with Crippen LogP contribution in [0.5, 0.6) is 0 Å². The lowest BCUT2D eigenvalue weighted by Crippen LogP contribution is -2.44. The standard InChI is InChI=1S/C15H29N3O/c1-18(11-12-5-3-2-4-6-12)10-9-14(15(16)19)17-13-7-8-13/h12-14,17H,2-11H2,1H3,(H2,16,19). The van der Waals surface area contributed by atoms with Crippen LogP contribution >= 0.6 is 0 Å². The molecule has 0 heterocycles. The number of hydrogen-bond acceptors (Lipinski definition) is 3. The summed E-state index contributed by atoms with van der Waals surface area (Å²) in [5, 5.41) is 3.35. The normalized spacial score (nSPS) is 22.6. The maximum atomic E-state index is 11.4. The third-order valence-electron chi connectivity index (χ3n) is 4.45. The lowest BCUT2D eigenvalue weighted by atomic mass is 9.89. The number of carbonyl (C=O) groups excluding carboxylic acids is 1. The van der Waals surface area contributed by atoms with Gasteiger partial charge in [0.1, 0.15) is 0 Å². The smallest absolute Gasteiger partial charge is 0.234 e. The Morgan fingerprint density at radius 3 is 2.53 bits per heavy atom. The van der Waals surface area contributed by atoms with Crippen molar-refractivity contribution in [1.29, 1.82) is 0 Å². The van der Waals surface area contributed by atoms with Gasteiger partial charge >= 0.3 is 0 Å². The van der Waals surface area contributed by atoms with E-state index in [4.69, 9.17) is 5.73 Å². The van der Waals surface area contributed by atoms with Gasteiger partial charge in [0.05, 0.1) is 6.04 Å². The van der Waals surface area contributed by atoms with Crippen molar-refractivity contribution in [3.05, 3.63) is 0 Å². The van der Waals surface area contributed by atoms with Crippen LogP contribution in [0.15, 0.2) is 0 Å². The van der Waals surface area contributed by atoms with E-state index in [1.165, 1.54) is 51.5 Å². The number of hydrogen-bond donors (Lipinski definition) is 2. The van der Waals surface area contributed by atoms with Crippen LogP contribution in [-0.2, 0) is 4.79 Å². The van der Waals surface area contributed by atoms with Gasteiger partial charge < -0.3 is 16.0 Å². The summed E-state index contributed by atoms with van der Waals surface area (Å²) >= 11 is 0. The van der Waals surface area contributed by atoms with E-state index in [1.807, 2.05) is 0 Å². The average molecular weight is 267 g/mol. The van der Waals surface area contributed by atoms with E-state index in [2.05, 4.69) is 17.3 Å². The molecule has 1 amide bonds. The highest BCUT2D eigenvalue weighted by Gasteiger charge is 2.27. The van der Waals surface area contributed by atoms with Crippen LogP contribution in [0.25, 0.3) is 0 Å². The lowest BCUT2D eigenvalue weighted by Gasteiger charge is -2.27. The number of nitrogens with one attached hydrogen (secondary N) is 1. The molecular formula is C15H29N3O. The first-order valence-corrected chi connectivity index (χ1v) is 7.89. The molecule has 1 unspecified atom stereocenters. The Morgan fingerprint density at radius 1 is 1.26 bits per heavy atom. The Hall–Kier alpha value is -0.610. The molecule has 2 fully saturated rings. The van der Waals surface area contributed by atoms with Gasteiger partial charge in [0, 0.05) is 12.6 Å². The van der Waals surface area contributed by atoms with Gasteiger partial charge in [-0.15, -0.1) is 0 Å². The first-order chi connectivity index (χ1) is 9.15. The van der Waals surface area contributed by atoms with Crippen LogP contribution in [0.3, 0.4) is 0 Å². The largest absolute Gasteiger partial charge is 0.368 e. The Labute approximate surface area is 117 Å². The van der Waals surface area contributed by atoms with Gasteiger partial charge in [-0.2, -0.15) is 0 Å². The van der Waals surface area contributed by atoms with Gasteiger partial charge in [0.2, 0.25) is 5.91 Å². The van der Waals surface area contributed by atoms with Gasteiger partial charge in [0.25, 0.3) is 0 Å². The molecule has 110 valence electrons. The molecule has 1 atom stereocenters. The molecule has 3 N–H and O–H groups in total. The fourth-order valence-corrected chi connectivity index (χ4v) is 3.09. The van der Waals surface area contributed by atoms with Crippen molar-refractivity contribution in [3.8, 4) is 0 Å². The molecule has 0 aromatic heterocycles. The van der Waals surface area contributed by atoms with Crippen molar-refractivity contribution in [1.82, 2.24) is 10.2 Å². The second-order valence-electron chi connectivity index (χ2n) is 6.45. The fraction of sp³-hybridized carbons (Fsp3) is 0.933. The predicted molar refractivity (Wildman–Crippen MR) is 77.8 cm³/mol. The summed E-state index contributed by atoms with van der Waals surface area (Å²) in [7, 11) is 2.17. The van der Waals surface area contributed by atoms with Gasteiger partial charge in [0.15, 0.2) is 0 Å². The van der Waals surface area contributed by atoms with Crippen molar-refractivity contribution >= 4 is 5.91 Å². The second-order valence-corrected chi connectivity index (χ2v) is 6.45. The number of amides is 1. The Bertz CT molecular complexity index is 285. The van der Waals surface area contributed by atoms with Crippen LogP contribution in [0, 0.1) is 5.92 Å². The maximum absolute atomic E-state index is 11.4. The molecule has 2 aliphatic carbocycles. The molecule has 0 aromatic rings. The van der Waals surface area contributed by atoms with Crippen molar-refractivity contribution < 1.29 is 4.79 Å². The topological polar surface area (TPSA) is 58.4 Å². The summed E-state index contributed by atoms with van der Waals surface area (Å²) in [5.74, 6) is 0.667. The fourth-order valence-electron chi connectivity index (χ4n) is 3.09.